The number of fused-ring (bicyclic) bond motifs is 1. The molecule has 3 aromatic rings. The second kappa shape index (κ2) is 5.56. The van der Waals surface area contributed by atoms with Gasteiger partial charge in [-0.05, 0) is 12.1 Å². The van der Waals surface area contributed by atoms with Crippen LogP contribution < -0.4 is 5.32 Å². The first-order valence-electron chi connectivity index (χ1n) is 6.48. The van der Waals surface area contributed by atoms with E-state index in [1.807, 2.05) is 28.8 Å². The van der Waals surface area contributed by atoms with Crippen molar-refractivity contribution < 1.29 is 4.79 Å². The zero-order chi connectivity index (χ0) is 13.8. The molecule has 1 aromatic carbocycles. The summed E-state index contributed by atoms with van der Waals surface area (Å²) in [7, 11) is 0. The first-order valence-corrected chi connectivity index (χ1v) is 6.48. The molecular formula is C14H15N5O. The van der Waals surface area contributed by atoms with Gasteiger partial charge in [0, 0.05) is 25.4 Å². The van der Waals surface area contributed by atoms with Gasteiger partial charge in [0.1, 0.15) is 5.82 Å². The molecule has 0 spiro atoms. The van der Waals surface area contributed by atoms with E-state index in [9.17, 15) is 4.79 Å². The summed E-state index contributed by atoms with van der Waals surface area (Å²) in [4.78, 5) is 23.1. The van der Waals surface area contributed by atoms with Crippen LogP contribution in [0.1, 0.15) is 12.2 Å². The molecular weight excluding hydrogens is 254 g/mol. The molecule has 0 bridgehead atoms. The van der Waals surface area contributed by atoms with Gasteiger partial charge in [-0.1, -0.05) is 12.1 Å². The number of nitrogens with one attached hydrogen (secondary N) is 2. The van der Waals surface area contributed by atoms with Gasteiger partial charge in [-0.2, -0.15) is 0 Å². The maximum absolute atomic E-state index is 11.8. The molecule has 6 nitrogen and oxygen atoms in total. The Hall–Kier alpha value is -2.63. The zero-order valence-corrected chi connectivity index (χ0v) is 10.9. The molecule has 2 heterocycles. The van der Waals surface area contributed by atoms with Gasteiger partial charge < -0.3 is 14.9 Å². The van der Waals surface area contributed by atoms with Crippen molar-refractivity contribution in [2.75, 3.05) is 0 Å². The Bertz CT molecular complexity index is 701. The van der Waals surface area contributed by atoms with E-state index in [2.05, 4.69) is 20.3 Å². The quantitative estimate of drug-likeness (QED) is 0.736. The van der Waals surface area contributed by atoms with Crippen LogP contribution in [-0.2, 0) is 17.9 Å². The topological polar surface area (TPSA) is 75.6 Å². The van der Waals surface area contributed by atoms with Crippen molar-refractivity contribution in [3.05, 3.63) is 48.8 Å². The maximum atomic E-state index is 11.8. The molecule has 0 fully saturated rings. The average molecular weight is 269 g/mol. The largest absolute Gasteiger partial charge is 0.349 e. The second-order valence-corrected chi connectivity index (χ2v) is 4.49. The number of aryl methyl sites for hydroxylation is 1. The first-order chi connectivity index (χ1) is 9.83. The number of amides is 1. The highest BCUT2D eigenvalue weighted by Crippen LogP contribution is 2.11. The Morgan fingerprint density at radius 3 is 3.05 bits per heavy atom. The number of para-hydroxylation sites is 2. The number of H-pyrrole nitrogens is 1. The molecule has 0 aliphatic carbocycles. The number of aromatic amines is 1. The Morgan fingerprint density at radius 2 is 2.20 bits per heavy atom. The molecule has 0 saturated carbocycles. The Kier molecular flexibility index (Phi) is 3.45. The molecule has 102 valence electrons. The van der Waals surface area contributed by atoms with E-state index in [1.165, 1.54) is 0 Å². The van der Waals surface area contributed by atoms with Crippen molar-refractivity contribution in [1.82, 2.24) is 24.8 Å². The number of hydrogen-bond donors (Lipinski definition) is 2. The van der Waals surface area contributed by atoms with Crippen LogP contribution in [-0.4, -0.2) is 25.4 Å². The highest BCUT2D eigenvalue weighted by molar-refractivity contribution is 5.77. The third-order valence-corrected chi connectivity index (χ3v) is 3.11. The van der Waals surface area contributed by atoms with E-state index in [-0.39, 0.29) is 5.91 Å². The van der Waals surface area contributed by atoms with Crippen LogP contribution in [0.25, 0.3) is 11.0 Å². The molecule has 1 amide bonds. The van der Waals surface area contributed by atoms with Crippen LogP contribution in [0, 0.1) is 0 Å². The zero-order valence-electron chi connectivity index (χ0n) is 10.9. The minimum atomic E-state index is -0.000758. The normalized spacial score (nSPS) is 10.8. The van der Waals surface area contributed by atoms with Crippen LogP contribution in [0.15, 0.2) is 43.0 Å². The number of imidazole rings is 2. The van der Waals surface area contributed by atoms with Gasteiger partial charge in [-0.25, -0.2) is 9.97 Å². The summed E-state index contributed by atoms with van der Waals surface area (Å²) in [5.74, 6) is 0.755. The van der Waals surface area contributed by atoms with Crippen LogP contribution in [0.5, 0.6) is 0 Å². The van der Waals surface area contributed by atoms with Gasteiger partial charge in [0.25, 0.3) is 0 Å². The van der Waals surface area contributed by atoms with Gasteiger partial charge in [0.15, 0.2) is 0 Å². The van der Waals surface area contributed by atoms with E-state index in [0.717, 1.165) is 16.9 Å². The number of rotatable bonds is 5. The smallest absolute Gasteiger partial charge is 0.222 e. The third-order valence-electron chi connectivity index (χ3n) is 3.11. The molecule has 3 rings (SSSR count). The van der Waals surface area contributed by atoms with Gasteiger partial charge >= 0.3 is 0 Å². The molecule has 0 atom stereocenters. The molecule has 0 unspecified atom stereocenters. The minimum Gasteiger partial charge on any atom is -0.349 e. The van der Waals surface area contributed by atoms with Crippen LogP contribution in [0.2, 0.25) is 0 Å². The van der Waals surface area contributed by atoms with E-state index in [4.69, 9.17) is 0 Å². The fourth-order valence-corrected chi connectivity index (χ4v) is 2.08. The van der Waals surface area contributed by atoms with Crippen molar-refractivity contribution in [2.45, 2.75) is 19.5 Å². The van der Waals surface area contributed by atoms with Gasteiger partial charge in [-0.3, -0.25) is 4.79 Å². The highest BCUT2D eigenvalue weighted by atomic mass is 16.1. The molecule has 0 saturated heterocycles. The predicted molar refractivity (Wildman–Crippen MR) is 74.8 cm³/mol. The number of hydrogen-bond acceptors (Lipinski definition) is 3. The summed E-state index contributed by atoms with van der Waals surface area (Å²) in [6.45, 7) is 1.04. The maximum Gasteiger partial charge on any atom is 0.222 e. The van der Waals surface area contributed by atoms with Gasteiger partial charge in [0.05, 0.1) is 23.9 Å². The van der Waals surface area contributed by atoms with E-state index in [1.54, 1.807) is 18.7 Å². The van der Waals surface area contributed by atoms with Crippen molar-refractivity contribution in [1.29, 1.82) is 0 Å². The summed E-state index contributed by atoms with van der Waals surface area (Å²) in [6, 6.07) is 7.89. The van der Waals surface area contributed by atoms with Crippen molar-refractivity contribution in [3.63, 3.8) is 0 Å². The lowest BCUT2D eigenvalue weighted by Crippen LogP contribution is -2.24. The molecule has 0 aliphatic rings. The molecule has 6 heteroatoms. The monoisotopic (exact) mass is 269 g/mol. The highest BCUT2D eigenvalue weighted by Gasteiger charge is 2.05. The SMILES string of the molecule is O=C(CCn1cnc2ccccc21)NCc1ncc[nH]1. The van der Waals surface area contributed by atoms with Crippen LogP contribution >= 0.6 is 0 Å². The van der Waals surface area contributed by atoms with E-state index in [0.29, 0.717) is 19.5 Å². The first kappa shape index (κ1) is 12.4. The Morgan fingerprint density at radius 1 is 1.30 bits per heavy atom. The molecule has 2 N–H and O–H groups in total. The summed E-state index contributed by atoms with van der Waals surface area (Å²) in [5.41, 5.74) is 2.00. The lowest BCUT2D eigenvalue weighted by Gasteiger charge is -2.05. The lowest BCUT2D eigenvalue weighted by molar-refractivity contribution is -0.121. The lowest BCUT2D eigenvalue weighted by atomic mass is 10.3. The Labute approximate surface area is 115 Å². The summed E-state index contributed by atoms with van der Waals surface area (Å²) < 4.78 is 1.99. The van der Waals surface area contributed by atoms with Crippen LogP contribution in [0.3, 0.4) is 0 Å². The third kappa shape index (κ3) is 2.69. The minimum absolute atomic E-state index is 0.000758. The van der Waals surface area contributed by atoms with Crippen LogP contribution in [0.4, 0.5) is 0 Å². The second-order valence-electron chi connectivity index (χ2n) is 4.49. The summed E-state index contributed by atoms with van der Waals surface area (Å²) >= 11 is 0. The number of carbonyl (C=O) groups excluding carboxylic acids is 1. The number of carbonyl (C=O) groups is 1. The van der Waals surface area contributed by atoms with E-state index < -0.39 is 0 Å². The van der Waals surface area contributed by atoms with Gasteiger partial charge in [-0.15, -0.1) is 0 Å². The fourth-order valence-electron chi connectivity index (χ4n) is 2.08. The van der Waals surface area contributed by atoms with E-state index >= 15 is 0 Å². The number of nitrogens with zero attached hydrogens (tertiary/aromatic N) is 3. The fraction of sp³-hybridized carbons (Fsp3) is 0.214. The number of aromatic nitrogens is 4. The van der Waals surface area contributed by atoms with Gasteiger partial charge in [0.2, 0.25) is 5.91 Å². The molecule has 2 aromatic heterocycles. The Balaban J connectivity index is 1.55. The van der Waals surface area contributed by atoms with Crippen molar-refractivity contribution in [3.8, 4) is 0 Å². The molecule has 20 heavy (non-hydrogen) atoms. The average Bonchev–Trinajstić information content (AvgIpc) is 3.12. The number of benzene rings is 1. The standard InChI is InChI=1S/C14H15N5O/c20-14(17-9-13-15-6-7-16-13)5-8-19-10-18-11-3-1-2-4-12(11)19/h1-4,6-7,10H,5,8-9H2,(H,15,16)(H,17,20). The molecule has 0 radical (unpaired) electrons. The van der Waals surface area contributed by atoms with Crippen molar-refractivity contribution >= 4 is 16.9 Å². The molecule has 0 aliphatic heterocycles. The van der Waals surface area contributed by atoms with Crippen molar-refractivity contribution in [2.24, 2.45) is 0 Å². The summed E-state index contributed by atoms with van der Waals surface area (Å²) in [6.07, 6.45) is 5.59. The predicted octanol–water partition coefficient (Wildman–Crippen LogP) is 1.47. The summed E-state index contributed by atoms with van der Waals surface area (Å²) in [5, 5.41) is 2.83.